The first kappa shape index (κ1) is 18.3. The Hall–Kier alpha value is -1.45. The van der Waals surface area contributed by atoms with Gasteiger partial charge in [-0.3, -0.25) is 13.9 Å². The average Bonchev–Trinajstić information content (AvgIpc) is 2.96. The fourth-order valence-electron chi connectivity index (χ4n) is 3.11. The van der Waals surface area contributed by atoms with E-state index in [1.807, 2.05) is 6.92 Å². The Morgan fingerprint density at radius 2 is 2.12 bits per heavy atom. The molecule has 0 radical (unpaired) electrons. The van der Waals surface area contributed by atoms with Crippen molar-refractivity contribution in [2.75, 3.05) is 13.2 Å². The summed E-state index contributed by atoms with van der Waals surface area (Å²) in [5.41, 5.74) is 0.159. The van der Waals surface area contributed by atoms with Crippen LogP contribution in [0.1, 0.15) is 32.6 Å². The van der Waals surface area contributed by atoms with E-state index in [-0.39, 0.29) is 17.5 Å². The average molecular weight is 415 g/mol. The van der Waals surface area contributed by atoms with Crippen molar-refractivity contribution in [1.29, 1.82) is 0 Å². The number of hydrogen-bond donors (Lipinski definition) is 0. The molecule has 0 aromatic carbocycles. The largest absolute Gasteiger partial charge is 0.353 e. The fraction of sp³-hybridized carbons (Fsp3) is 0.688. The van der Waals surface area contributed by atoms with Gasteiger partial charge in [-0.15, -0.1) is 0 Å². The molecule has 0 aliphatic carbocycles. The lowest BCUT2D eigenvalue weighted by molar-refractivity contribution is -0.163. The van der Waals surface area contributed by atoms with Gasteiger partial charge in [0.1, 0.15) is 0 Å². The van der Waals surface area contributed by atoms with E-state index >= 15 is 0 Å². The van der Waals surface area contributed by atoms with Crippen LogP contribution in [0.3, 0.4) is 0 Å². The maximum atomic E-state index is 12.8. The highest BCUT2D eigenvalue weighted by Gasteiger charge is 2.18. The Balaban J connectivity index is 1.79. The minimum atomic E-state index is -0.361. The number of aromatic nitrogens is 4. The van der Waals surface area contributed by atoms with Crippen LogP contribution in [0.4, 0.5) is 0 Å². The van der Waals surface area contributed by atoms with Gasteiger partial charge in [0.05, 0.1) is 6.61 Å². The highest BCUT2D eigenvalue weighted by Crippen LogP contribution is 2.16. The summed E-state index contributed by atoms with van der Waals surface area (Å²) in [5.74, 6) is 0. The maximum Gasteiger partial charge on any atom is 0.332 e. The molecule has 3 heterocycles. The molecular weight excluding hydrogens is 392 g/mol. The Labute approximate surface area is 153 Å². The summed E-state index contributed by atoms with van der Waals surface area (Å²) in [6.07, 6.45) is 3.50. The van der Waals surface area contributed by atoms with Crippen LogP contribution in [-0.2, 0) is 29.6 Å². The molecule has 8 nitrogen and oxygen atoms in total. The first-order valence-electron chi connectivity index (χ1n) is 8.63. The number of nitrogens with zero attached hydrogens (tertiary/aromatic N) is 4. The zero-order chi connectivity index (χ0) is 18.0. The van der Waals surface area contributed by atoms with Crippen LogP contribution in [0.5, 0.6) is 0 Å². The molecule has 9 heteroatoms. The molecule has 0 bridgehead atoms. The lowest BCUT2D eigenvalue weighted by Crippen LogP contribution is -2.40. The third-order valence-electron chi connectivity index (χ3n) is 4.47. The molecule has 3 rings (SSSR count). The van der Waals surface area contributed by atoms with E-state index in [2.05, 4.69) is 20.9 Å². The van der Waals surface area contributed by atoms with Crippen LogP contribution in [-0.4, -0.2) is 38.2 Å². The normalized spacial score (nSPS) is 18.1. The van der Waals surface area contributed by atoms with Crippen molar-refractivity contribution in [3.63, 3.8) is 0 Å². The first-order valence-corrected chi connectivity index (χ1v) is 9.42. The van der Waals surface area contributed by atoms with E-state index in [0.29, 0.717) is 42.0 Å². The molecule has 0 amide bonds. The van der Waals surface area contributed by atoms with Gasteiger partial charge in [0.25, 0.3) is 5.56 Å². The molecular formula is C16H23BrN4O4. The number of hydrogen-bond acceptors (Lipinski definition) is 5. The van der Waals surface area contributed by atoms with E-state index < -0.39 is 0 Å². The Kier molecular flexibility index (Phi) is 5.75. The molecule has 0 N–H and O–H groups in total. The van der Waals surface area contributed by atoms with Gasteiger partial charge in [-0.2, -0.15) is 0 Å². The minimum absolute atomic E-state index is 0.159. The predicted molar refractivity (Wildman–Crippen MR) is 96.8 cm³/mol. The molecule has 0 saturated carbocycles. The van der Waals surface area contributed by atoms with Crippen LogP contribution in [0, 0.1) is 0 Å². The van der Waals surface area contributed by atoms with Crippen molar-refractivity contribution in [2.45, 2.75) is 52.0 Å². The Morgan fingerprint density at radius 3 is 2.80 bits per heavy atom. The Bertz CT molecular complexity index is 864. The van der Waals surface area contributed by atoms with Gasteiger partial charge in [-0.05, 0) is 48.5 Å². The summed E-state index contributed by atoms with van der Waals surface area (Å²) in [4.78, 5) is 29.6. The predicted octanol–water partition coefficient (Wildman–Crippen LogP) is 1.61. The highest BCUT2D eigenvalue weighted by molar-refractivity contribution is 9.10. The SMILES string of the molecule is CCn1c(Br)nc2c1c(=O)n(CCCOC1CCCCO1)c(=O)n2C. The number of rotatable bonds is 6. The van der Waals surface area contributed by atoms with Crippen molar-refractivity contribution in [3.8, 4) is 0 Å². The van der Waals surface area contributed by atoms with Crippen molar-refractivity contribution >= 4 is 27.1 Å². The summed E-state index contributed by atoms with van der Waals surface area (Å²) in [6.45, 7) is 4.01. The summed E-state index contributed by atoms with van der Waals surface area (Å²) >= 11 is 3.35. The quantitative estimate of drug-likeness (QED) is 0.529. The summed E-state index contributed by atoms with van der Waals surface area (Å²) < 4.78 is 16.2. The molecule has 2 aromatic heterocycles. The summed E-state index contributed by atoms with van der Waals surface area (Å²) in [5, 5.41) is 0. The third-order valence-corrected chi connectivity index (χ3v) is 5.08. The summed E-state index contributed by atoms with van der Waals surface area (Å²) in [7, 11) is 1.63. The molecule has 0 spiro atoms. The van der Waals surface area contributed by atoms with Crippen molar-refractivity contribution in [3.05, 3.63) is 25.6 Å². The lowest BCUT2D eigenvalue weighted by atomic mass is 10.2. The van der Waals surface area contributed by atoms with Gasteiger partial charge in [0.2, 0.25) is 0 Å². The van der Waals surface area contributed by atoms with Crippen LogP contribution >= 0.6 is 15.9 Å². The molecule has 1 saturated heterocycles. The molecule has 25 heavy (non-hydrogen) atoms. The second-order valence-electron chi connectivity index (χ2n) is 6.12. The van der Waals surface area contributed by atoms with Crippen LogP contribution < -0.4 is 11.2 Å². The third kappa shape index (κ3) is 3.58. The van der Waals surface area contributed by atoms with E-state index in [0.717, 1.165) is 25.9 Å². The van der Waals surface area contributed by atoms with Gasteiger partial charge in [0.15, 0.2) is 22.2 Å². The second-order valence-corrected chi connectivity index (χ2v) is 6.83. The first-order chi connectivity index (χ1) is 12.0. The standard InChI is InChI=1S/C16H23BrN4O4/c1-3-20-12-13(18-15(20)17)19(2)16(23)21(14(12)22)8-6-10-25-11-7-4-5-9-24-11/h11H,3-10H2,1-2H3. The van der Waals surface area contributed by atoms with Crippen LogP contribution in [0.2, 0.25) is 0 Å². The molecule has 1 aliphatic heterocycles. The molecule has 1 fully saturated rings. The monoisotopic (exact) mass is 414 g/mol. The van der Waals surface area contributed by atoms with E-state index in [9.17, 15) is 9.59 Å². The smallest absolute Gasteiger partial charge is 0.332 e. The van der Waals surface area contributed by atoms with E-state index in [1.165, 1.54) is 9.13 Å². The molecule has 1 unspecified atom stereocenters. The molecule has 1 aliphatic rings. The van der Waals surface area contributed by atoms with Crippen molar-refractivity contribution in [1.82, 2.24) is 18.7 Å². The van der Waals surface area contributed by atoms with Crippen molar-refractivity contribution < 1.29 is 9.47 Å². The van der Waals surface area contributed by atoms with Gasteiger partial charge in [-0.1, -0.05) is 0 Å². The number of aryl methyl sites for hydroxylation is 2. The molecule has 2 aromatic rings. The van der Waals surface area contributed by atoms with Gasteiger partial charge >= 0.3 is 5.69 Å². The number of imidazole rings is 1. The number of ether oxygens (including phenoxy) is 2. The van der Waals surface area contributed by atoms with Crippen molar-refractivity contribution in [2.24, 2.45) is 7.05 Å². The van der Waals surface area contributed by atoms with Gasteiger partial charge < -0.3 is 14.0 Å². The lowest BCUT2D eigenvalue weighted by Gasteiger charge is -2.22. The zero-order valence-electron chi connectivity index (χ0n) is 14.5. The zero-order valence-corrected chi connectivity index (χ0v) is 16.1. The van der Waals surface area contributed by atoms with Gasteiger partial charge in [-0.25, -0.2) is 9.78 Å². The van der Waals surface area contributed by atoms with E-state index in [1.54, 1.807) is 11.6 Å². The molecule has 1 atom stereocenters. The minimum Gasteiger partial charge on any atom is -0.353 e. The maximum absolute atomic E-state index is 12.8. The van der Waals surface area contributed by atoms with Gasteiger partial charge in [0, 0.05) is 26.7 Å². The second kappa shape index (κ2) is 7.84. The number of halogens is 1. The fourth-order valence-corrected chi connectivity index (χ4v) is 3.71. The Morgan fingerprint density at radius 1 is 1.32 bits per heavy atom. The van der Waals surface area contributed by atoms with E-state index in [4.69, 9.17) is 9.47 Å². The summed E-state index contributed by atoms with van der Waals surface area (Å²) in [6, 6.07) is 0. The topological polar surface area (TPSA) is 80.3 Å². The van der Waals surface area contributed by atoms with Crippen LogP contribution in [0.25, 0.3) is 11.2 Å². The molecule has 138 valence electrons. The number of fused-ring (bicyclic) bond motifs is 1. The highest BCUT2D eigenvalue weighted by atomic mass is 79.9. The van der Waals surface area contributed by atoms with Crippen LogP contribution in [0.15, 0.2) is 14.3 Å².